The van der Waals surface area contributed by atoms with Crippen LogP contribution in [0.15, 0.2) is 95.9 Å². The van der Waals surface area contributed by atoms with Crippen molar-refractivity contribution in [3.63, 3.8) is 0 Å². The lowest BCUT2D eigenvalue weighted by molar-refractivity contribution is 1.29. The lowest BCUT2D eigenvalue weighted by Gasteiger charge is -2.23. The summed E-state index contributed by atoms with van der Waals surface area (Å²) in [6.07, 6.45) is 0. The van der Waals surface area contributed by atoms with E-state index in [1.807, 2.05) is 30.3 Å². The average Bonchev–Trinajstić information content (AvgIpc) is 3.43. The van der Waals surface area contributed by atoms with E-state index in [1.165, 1.54) is 11.8 Å². The van der Waals surface area contributed by atoms with Crippen molar-refractivity contribution in [2.24, 2.45) is 0 Å². The maximum atomic E-state index is 9.11. The molecule has 2 aliphatic rings. The van der Waals surface area contributed by atoms with Gasteiger partial charge in [0.2, 0.25) is 0 Å². The number of thioether (sulfide) groups is 1. The third kappa shape index (κ3) is 3.69. The molecular weight excluding hydrogens is 499 g/mol. The molecule has 3 N–H and O–H groups in total. The molecule has 2 aliphatic heterocycles. The Labute approximate surface area is 225 Å². The summed E-state index contributed by atoms with van der Waals surface area (Å²) >= 11 is 12.5. The summed E-state index contributed by atoms with van der Waals surface area (Å²) < 4.78 is 0.634. The number of hydrogen-bond acceptors (Lipinski definition) is 4. The second-order valence-electron chi connectivity index (χ2n) is 8.65. The first-order valence-electron chi connectivity index (χ1n) is 11.5. The van der Waals surface area contributed by atoms with Gasteiger partial charge in [-0.25, -0.2) is 0 Å². The van der Waals surface area contributed by atoms with Crippen LogP contribution >= 0.6 is 36.2 Å². The molecule has 4 aromatic carbocycles. The predicted molar refractivity (Wildman–Crippen MR) is 160 cm³/mol. The highest BCUT2D eigenvalue weighted by atomic mass is 32.2. The van der Waals surface area contributed by atoms with E-state index < -0.39 is 0 Å². The fourth-order valence-electron chi connectivity index (χ4n) is 5.09. The van der Waals surface area contributed by atoms with Crippen LogP contribution in [-0.4, -0.2) is 15.1 Å². The van der Waals surface area contributed by atoms with Gasteiger partial charge in [0.15, 0.2) is 0 Å². The number of amidine groups is 1. The zero-order valence-corrected chi connectivity index (χ0v) is 21.8. The Morgan fingerprint density at radius 2 is 1.08 bits per heavy atom. The van der Waals surface area contributed by atoms with Crippen LogP contribution in [0.25, 0.3) is 39.1 Å². The topological polar surface area (TPSA) is 47.9 Å². The molecule has 0 radical (unpaired) electrons. The lowest BCUT2D eigenvalue weighted by Crippen LogP contribution is -2.18. The summed E-state index contributed by atoms with van der Waals surface area (Å²) in [5, 5.41) is 15.6. The third-order valence-electron chi connectivity index (χ3n) is 6.53. The van der Waals surface area contributed by atoms with Crippen LogP contribution in [-0.2, 0) is 0 Å². The number of hydrogen-bond donors (Lipinski definition) is 3. The van der Waals surface area contributed by atoms with Gasteiger partial charge >= 0.3 is 0 Å². The minimum atomic E-state index is 0.368. The average molecular weight is 520 g/mol. The number of benzene rings is 4. The summed E-state index contributed by atoms with van der Waals surface area (Å²) in [4.78, 5) is 1.47. The van der Waals surface area contributed by atoms with Crippen LogP contribution in [0.2, 0.25) is 0 Å². The van der Waals surface area contributed by atoms with Gasteiger partial charge in [0, 0.05) is 16.7 Å². The second kappa shape index (κ2) is 9.13. The van der Waals surface area contributed by atoms with E-state index in [0.29, 0.717) is 15.1 Å². The van der Waals surface area contributed by atoms with Crippen molar-refractivity contribution in [1.82, 2.24) is 10.6 Å². The van der Waals surface area contributed by atoms with Gasteiger partial charge in [-0.1, -0.05) is 127 Å². The minimum absolute atomic E-state index is 0.368. The Morgan fingerprint density at radius 3 is 1.56 bits per heavy atom. The van der Waals surface area contributed by atoms with Gasteiger partial charge in [-0.05, 0) is 40.3 Å². The maximum Gasteiger partial charge on any atom is 0.143 e. The van der Waals surface area contributed by atoms with Crippen molar-refractivity contribution in [2.45, 2.75) is 6.92 Å². The number of nitrogens with one attached hydrogen (secondary N) is 3. The van der Waals surface area contributed by atoms with E-state index in [2.05, 4.69) is 78.2 Å². The highest BCUT2D eigenvalue weighted by molar-refractivity contribution is 8.27. The Bertz CT molecular complexity index is 1590. The van der Waals surface area contributed by atoms with E-state index in [4.69, 9.17) is 29.8 Å². The Morgan fingerprint density at radius 1 is 0.611 bits per heavy atom. The van der Waals surface area contributed by atoms with E-state index in [9.17, 15) is 0 Å². The molecule has 0 saturated carbocycles. The molecular formula is C30H21N3S3. The van der Waals surface area contributed by atoms with Gasteiger partial charge < -0.3 is 10.6 Å². The summed E-state index contributed by atoms with van der Waals surface area (Å²) in [5.41, 5.74) is 10.5. The van der Waals surface area contributed by atoms with Crippen LogP contribution in [0.5, 0.6) is 0 Å². The Kier molecular flexibility index (Phi) is 5.80. The Hall–Kier alpha value is -3.58. The third-order valence-corrected chi connectivity index (χ3v) is 8.22. The fourth-order valence-corrected chi connectivity index (χ4v) is 6.64. The van der Waals surface area contributed by atoms with Gasteiger partial charge in [-0.15, -0.1) is 0 Å². The molecule has 174 valence electrons. The molecule has 1 fully saturated rings. The van der Waals surface area contributed by atoms with Gasteiger partial charge in [0.1, 0.15) is 15.1 Å². The van der Waals surface area contributed by atoms with Crippen molar-refractivity contribution in [3.8, 4) is 33.4 Å². The fraction of sp³-hybridized carbons (Fsp3) is 0.0333. The molecule has 1 saturated heterocycles. The first-order chi connectivity index (χ1) is 17.5. The van der Waals surface area contributed by atoms with Gasteiger partial charge in [-0.2, -0.15) is 0 Å². The largest absolute Gasteiger partial charge is 0.339 e. The molecule has 6 rings (SSSR count). The molecule has 2 heterocycles. The van der Waals surface area contributed by atoms with Crippen LogP contribution < -0.4 is 10.6 Å². The summed E-state index contributed by atoms with van der Waals surface area (Å²) in [7, 11) is 0. The molecule has 4 aromatic rings. The van der Waals surface area contributed by atoms with Crippen molar-refractivity contribution >= 4 is 57.0 Å². The zero-order valence-electron chi connectivity index (χ0n) is 19.4. The number of thiocarbonyl (C=S) groups is 2. The molecule has 0 amide bonds. The highest BCUT2D eigenvalue weighted by Gasteiger charge is 2.36. The van der Waals surface area contributed by atoms with E-state index in [0.717, 1.165) is 60.7 Å². The van der Waals surface area contributed by atoms with Gasteiger partial charge in [0.25, 0.3) is 0 Å². The van der Waals surface area contributed by atoms with E-state index >= 15 is 0 Å². The highest BCUT2D eigenvalue weighted by Crippen LogP contribution is 2.50. The lowest BCUT2D eigenvalue weighted by atomic mass is 9.79. The summed E-state index contributed by atoms with van der Waals surface area (Å²) in [5.74, 6) is 0.368. The molecule has 0 bridgehead atoms. The molecule has 3 nitrogen and oxygen atoms in total. The standard InChI is InChI=1S/C30H21N3S3/c1-17-21(18-11-5-2-6-12-18)23(19-13-7-3-8-14-19)24(20-15-9-4-10-16-20)25-22(17)26(32-28(25)31)27-29(34)33-30(35)36-27/h2-16H,1H3,(H2,31,32)(H,33,34,35)/b27-26+. The summed E-state index contributed by atoms with van der Waals surface area (Å²) in [6, 6.07) is 31.3. The first-order valence-corrected chi connectivity index (χ1v) is 13.2. The van der Waals surface area contributed by atoms with Crippen LogP contribution in [0.1, 0.15) is 16.7 Å². The van der Waals surface area contributed by atoms with Gasteiger partial charge in [0.05, 0.1) is 10.6 Å². The van der Waals surface area contributed by atoms with Crippen molar-refractivity contribution in [3.05, 3.63) is 113 Å². The quantitative estimate of drug-likeness (QED) is 0.193. The molecule has 6 heteroatoms. The molecule has 0 spiro atoms. The minimum Gasteiger partial charge on any atom is -0.339 e. The molecule has 0 unspecified atom stereocenters. The first kappa shape index (κ1) is 22.9. The van der Waals surface area contributed by atoms with Crippen molar-refractivity contribution in [1.29, 1.82) is 5.41 Å². The molecule has 36 heavy (non-hydrogen) atoms. The second-order valence-corrected chi connectivity index (χ2v) is 10.7. The Balaban J connectivity index is 1.82. The normalized spacial score (nSPS) is 16.6. The monoisotopic (exact) mass is 519 g/mol. The van der Waals surface area contributed by atoms with Crippen LogP contribution in [0, 0.1) is 12.3 Å². The summed E-state index contributed by atoms with van der Waals surface area (Å²) in [6.45, 7) is 2.15. The molecule has 0 aromatic heterocycles. The zero-order chi connectivity index (χ0) is 24.8. The van der Waals surface area contributed by atoms with E-state index in [1.54, 1.807) is 0 Å². The van der Waals surface area contributed by atoms with E-state index in [-0.39, 0.29) is 0 Å². The van der Waals surface area contributed by atoms with Crippen LogP contribution in [0.3, 0.4) is 0 Å². The number of fused-ring (bicyclic) bond motifs is 1. The molecule has 0 aliphatic carbocycles. The van der Waals surface area contributed by atoms with Crippen LogP contribution in [0.4, 0.5) is 0 Å². The maximum absolute atomic E-state index is 9.11. The van der Waals surface area contributed by atoms with Crippen molar-refractivity contribution < 1.29 is 0 Å². The van der Waals surface area contributed by atoms with Gasteiger partial charge in [-0.3, -0.25) is 5.41 Å². The number of rotatable bonds is 3. The molecule has 0 atom stereocenters. The smallest absolute Gasteiger partial charge is 0.143 e. The SMILES string of the molecule is Cc1c2c(c(-c3ccccc3)c(-c3ccccc3)c1-c1ccccc1)C(=N)N/C2=C1/SC(=S)NC1=S. The van der Waals surface area contributed by atoms with Crippen molar-refractivity contribution in [2.75, 3.05) is 0 Å². The predicted octanol–water partition coefficient (Wildman–Crippen LogP) is 7.54.